The van der Waals surface area contributed by atoms with Crippen LogP contribution in [-0.2, 0) is 9.47 Å². The lowest BCUT2D eigenvalue weighted by molar-refractivity contribution is -0.118. The van der Waals surface area contributed by atoms with E-state index in [1.807, 2.05) is 0 Å². The van der Waals surface area contributed by atoms with Gasteiger partial charge in [0.15, 0.2) is 0 Å². The predicted molar refractivity (Wildman–Crippen MR) is 73.6 cm³/mol. The summed E-state index contributed by atoms with van der Waals surface area (Å²) in [5.41, 5.74) is 5.80. The normalized spacial score (nSPS) is 30.5. The van der Waals surface area contributed by atoms with Crippen LogP contribution in [0.4, 0.5) is 0 Å². The predicted octanol–water partition coefficient (Wildman–Crippen LogP) is 3.01. The molecule has 0 bridgehead atoms. The molecule has 0 radical (unpaired) electrons. The monoisotopic (exact) mass is 255 g/mol. The van der Waals surface area contributed by atoms with Gasteiger partial charge >= 0.3 is 0 Å². The molecular weight excluding hydrogens is 226 g/mol. The molecule has 0 aromatic rings. The molecule has 0 aromatic heterocycles. The third-order valence-electron chi connectivity index (χ3n) is 4.90. The van der Waals surface area contributed by atoms with Crippen LogP contribution in [0, 0.1) is 0 Å². The van der Waals surface area contributed by atoms with Gasteiger partial charge in [0, 0.05) is 6.54 Å². The van der Waals surface area contributed by atoms with Crippen molar-refractivity contribution in [3.05, 3.63) is 0 Å². The highest BCUT2D eigenvalue weighted by Crippen LogP contribution is 2.42. The molecule has 1 aliphatic carbocycles. The van der Waals surface area contributed by atoms with Crippen molar-refractivity contribution < 1.29 is 9.47 Å². The fraction of sp³-hybridized carbons (Fsp3) is 1.00. The van der Waals surface area contributed by atoms with E-state index in [4.69, 9.17) is 15.2 Å². The van der Waals surface area contributed by atoms with Crippen LogP contribution >= 0.6 is 0 Å². The Balaban J connectivity index is 1.79. The molecule has 18 heavy (non-hydrogen) atoms. The third kappa shape index (κ3) is 3.25. The maximum Gasteiger partial charge on any atom is 0.0817 e. The lowest BCUT2D eigenvalue weighted by atomic mass is 9.83. The Kier molecular flexibility index (Phi) is 4.68. The number of hydrogen-bond acceptors (Lipinski definition) is 3. The molecule has 106 valence electrons. The lowest BCUT2D eigenvalue weighted by Gasteiger charge is -2.34. The van der Waals surface area contributed by atoms with E-state index in [1.165, 1.54) is 38.5 Å². The highest BCUT2D eigenvalue weighted by molar-refractivity contribution is 4.91. The van der Waals surface area contributed by atoms with Gasteiger partial charge in [-0.15, -0.1) is 0 Å². The highest BCUT2D eigenvalue weighted by atomic mass is 16.6. The van der Waals surface area contributed by atoms with Crippen LogP contribution < -0.4 is 5.73 Å². The van der Waals surface area contributed by atoms with Crippen molar-refractivity contribution in [3.8, 4) is 0 Å². The number of hydrogen-bond donors (Lipinski definition) is 1. The van der Waals surface area contributed by atoms with Gasteiger partial charge in [-0.2, -0.15) is 0 Å². The Morgan fingerprint density at radius 2 is 2.00 bits per heavy atom. The molecule has 1 saturated carbocycles. The summed E-state index contributed by atoms with van der Waals surface area (Å²) in [6, 6.07) is 0. The Hall–Kier alpha value is -0.120. The zero-order valence-electron chi connectivity index (χ0n) is 12.0. The van der Waals surface area contributed by atoms with E-state index in [9.17, 15) is 0 Å². The molecule has 1 spiro atoms. The van der Waals surface area contributed by atoms with Crippen molar-refractivity contribution in [2.24, 2.45) is 5.73 Å². The van der Waals surface area contributed by atoms with E-state index < -0.39 is 0 Å². The van der Waals surface area contributed by atoms with Gasteiger partial charge in [0.1, 0.15) is 0 Å². The van der Waals surface area contributed by atoms with Crippen molar-refractivity contribution >= 4 is 0 Å². The van der Waals surface area contributed by atoms with Crippen LogP contribution in [0.15, 0.2) is 0 Å². The molecule has 0 amide bonds. The Morgan fingerprint density at radius 3 is 2.61 bits per heavy atom. The number of rotatable bonds is 5. The maximum atomic E-state index is 6.31. The molecule has 2 aliphatic rings. The number of ether oxygens (including phenoxy) is 2. The summed E-state index contributed by atoms with van der Waals surface area (Å²) in [7, 11) is 0. The van der Waals surface area contributed by atoms with Crippen molar-refractivity contribution in [2.75, 3.05) is 13.2 Å². The molecule has 2 rings (SSSR count). The molecule has 3 nitrogen and oxygen atoms in total. The molecule has 1 aliphatic heterocycles. The first-order valence-corrected chi connectivity index (χ1v) is 7.63. The molecule has 2 fully saturated rings. The van der Waals surface area contributed by atoms with Gasteiger partial charge in [0.05, 0.1) is 23.9 Å². The average molecular weight is 255 g/mol. The van der Waals surface area contributed by atoms with Gasteiger partial charge in [-0.1, -0.05) is 26.2 Å². The Labute approximate surface area is 111 Å². The summed E-state index contributed by atoms with van der Waals surface area (Å²) in [5.74, 6) is 0. The van der Waals surface area contributed by atoms with Gasteiger partial charge < -0.3 is 15.2 Å². The summed E-state index contributed by atoms with van der Waals surface area (Å²) in [6.45, 7) is 5.52. The van der Waals surface area contributed by atoms with Crippen LogP contribution in [0.1, 0.15) is 65.2 Å². The van der Waals surface area contributed by atoms with Crippen LogP contribution in [0.5, 0.6) is 0 Å². The van der Waals surface area contributed by atoms with Gasteiger partial charge in [-0.3, -0.25) is 0 Å². The van der Waals surface area contributed by atoms with E-state index in [-0.39, 0.29) is 11.2 Å². The molecule has 2 atom stereocenters. The molecule has 3 heteroatoms. The maximum absolute atomic E-state index is 6.31. The van der Waals surface area contributed by atoms with E-state index in [0.717, 1.165) is 12.8 Å². The average Bonchev–Trinajstić information content (AvgIpc) is 2.80. The second kappa shape index (κ2) is 5.89. The zero-order valence-corrected chi connectivity index (χ0v) is 12.0. The standard InChI is InChI=1S/C15H29NO2/c1-3-14(2,12-16)17-11-13-7-10-15(18-13)8-5-4-6-9-15/h13H,3-12,16H2,1-2H3. The molecule has 1 saturated heterocycles. The Morgan fingerprint density at radius 1 is 1.28 bits per heavy atom. The van der Waals surface area contributed by atoms with Crippen molar-refractivity contribution in [1.29, 1.82) is 0 Å². The first-order chi connectivity index (χ1) is 8.61. The second-order valence-corrected chi connectivity index (χ2v) is 6.34. The van der Waals surface area contributed by atoms with Gasteiger partial charge in [-0.25, -0.2) is 0 Å². The van der Waals surface area contributed by atoms with Crippen molar-refractivity contribution in [3.63, 3.8) is 0 Å². The topological polar surface area (TPSA) is 44.5 Å². The fourth-order valence-corrected chi connectivity index (χ4v) is 3.18. The van der Waals surface area contributed by atoms with Gasteiger partial charge in [-0.05, 0) is 39.0 Å². The van der Waals surface area contributed by atoms with E-state index in [1.54, 1.807) is 0 Å². The van der Waals surface area contributed by atoms with Crippen LogP contribution in [0.25, 0.3) is 0 Å². The smallest absolute Gasteiger partial charge is 0.0817 e. The summed E-state index contributed by atoms with van der Waals surface area (Å²) < 4.78 is 12.3. The first-order valence-electron chi connectivity index (χ1n) is 7.63. The molecule has 0 aromatic carbocycles. The van der Waals surface area contributed by atoms with Gasteiger partial charge in [0.2, 0.25) is 0 Å². The molecule has 1 heterocycles. The summed E-state index contributed by atoms with van der Waals surface area (Å²) in [5, 5.41) is 0. The summed E-state index contributed by atoms with van der Waals surface area (Å²) >= 11 is 0. The summed E-state index contributed by atoms with van der Waals surface area (Å²) in [4.78, 5) is 0. The minimum Gasteiger partial charge on any atom is -0.371 e. The minimum atomic E-state index is -0.175. The first kappa shape index (κ1) is 14.3. The fourth-order valence-electron chi connectivity index (χ4n) is 3.18. The number of nitrogens with two attached hydrogens (primary N) is 1. The van der Waals surface area contributed by atoms with E-state index in [0.29, 0.717) is 19.3 Å². The van der Waals surface area contributed by atoms with Crippen LogP contribution in [0.2, 0.25) is 0 Å². The molecular formula is C15H29NO2. The van der Waals surface area contributed by atoms with Crippen molar-refractivity contribution in [1.82, 2.24) is 0 Å². The van der Waals surface area contributed by atoms with E-state index >= 15 is 0 Å². The summed E-state index contributed by atoms with van der Waals surface area (Å²) in [6.07, 6.45) is 10.2. The third-order valence-corrected chi connectivity index (χ3v) is 4.90. The molecule has 2 unspecified atom stereocenters. The van der Waals surface area contributed by atoms with E-state index in [2.05, 4.69) is 13.8 Å². The minimum absolute atomic E-state index is 0.175. The van der Waals surface area contributed by atoms with Crippen LogP contribution in [0.3, 0.4) is 0 Å². The largest absolute Gasteiger partial charge is 0.371 e. The highest BCUT2D eigenvalue weighted by Gasteiger charge is 2.41. The zero-order chi connectivity index (χ0) is 13.1. The lowest BCUT2D eigenvalue weighted by Crippen LogP contribution is -2.40. The molecule has 2 N–H and O–H groups in total. The Bertz CT molecular complexity index is 257. The second-order valence-electron chi connectivity index (χ2n) is 6.34. The quantitative estimate of drug-likeness (QED) is 0.821. The SMILES string of the molecule is CCC(C)(CN)OCC1CCC2(CCCCC2)O1. The van der Waals surface area contributed by atoms with Crippen LogP contribution in [-0.4, -0.2) is 30.5 Å². The van der Waals surface area contributed by atoms with Gasteiger partial charge in [0.25, 0.3) is 0 Å². The van der Waals surface area contributed by atoms with Crippen molar-refractivity contribution in [2.45, 2.75) is 82.5 Å².